The van der Waals surface area contributed by atoms with E-state index in [1.54, 1.807) is 0 Å². The molecule has 0 aliphatic heterocycles. The molecule has 0 amide bonds. The van der Waals surface area contributed by atoms with E-state index in [1.807, 2.05) is 30.3 Å². The van der Waals surface area contributed by atoms with Crippen LogP contribution in [0.2, 0.25) is 0 Å². The number of methoxy groups -OCH3 is 1. The number of nitrogens with one attached hydrogen (secondary N) is 1. The van der Waals surface area contributed by atoms with Crippen molar-refractivity contribution >= 4 is 13.5 Å². The number of ether oxygens (including phenoxy) is 1. The van der Waals surface area contributed by atoms with Crippen LogP contribution in [-0.4, -0.2) is 30.6 Å². The fourth-order valence-corrected chi connectivity index (χ4v) is 3.01. The first-order valence-corrected chi connectivity index (χ1v) is 7.55. The summed E-state index contributed by atoms with van der Waals surface area (Å²) in [5.74, 6) is -1.10. The minimum absolute atomic E-state index is 0.126. The van der Waals surface area contributed by atoms with Gasteiger partial charge in [-0.1, -0.05) is 30.3 Å². The van der Waals surface area contributed by atoms with Crippen molar-refractivity contribution < 1.29 is 23.7 Å². The van der Waals surface area contributed by atoms with Gasteiger partial charge in [-0.15, -0.1) is 0 Å². The second-order valence-electron chi connectivity index (χ2n) is 4.04. The fraction of sp³-hybridized carbons (Fsp3) is 0.417. The molecule has 1 aromatic carbocycles. The second-order valence-corrected chi connectivity index (χ2v) is 6.16. The molecule has 1 unspecified atom stereocenters. The largest absolute Gasteiger partial charge is 0.480 e. The quantitative estimate of drug-likeness (QED) is 0.712. The summed E-state index contributed by atoms with van der Waals surface area (Å²) < 4.78 is 22.5. The van der Waals surface area contributed by atoms with Gasteiger partial charge in [-0.25, -0.2) is 5.09 Å². The van der Waals surface area contributed by atoms with Gasteiger partial charge in [0.25, 0.3) is 7.52 Å². The number of aliphatic carboxylic acids is 1. The Morgan fingerprint density at radius 3 is 2.58 bits per heavy atom. The van der Waals surface area contributed by atoms with Crippen molar-refractivity contribution in [1.82, 2.24) is 5.09 Å². The highest BCUT2D eigenvalue weighted by Crippen LogP contribution is 2.43. The van der Waals surface area contributed by atoms with Crippen molar-refractivity contribution in [3.63, 3.8) is 0 Å². The van der Waals surface area contributed by atoms with E-state index < -0.39 is 19.5 Å². The Hall–Kier alpha value is -1.20. The molecule has 1 rings (SSSR count). The van der Waals surface area contributed by atoms with Gasteiger partial charge in [-0.2, -0.15) is 0 Å². The monoisotopic (exact) mass is 287 g/mol. The van der Waals surface area contributed by atoms with Crippen LogP contribution in [0.5, 0.6) is 0 Å². The van der Waals surface area contributed by atoms with Crippen LogP contribution in [0.3, 0.4) is 0 Å². The lowest BCUT2D eigenvalue weighted by molar-refractivity contribution is -0.138. The molecule has 6 nitrogen and oxygen atoms in total. The lowest BCUT2D eigenvalue weighted by atomic mass is 10.2. The number of carboxylic acids is 1. The van der Waals surface area contributed by atoms with E-state index in [9.17, 15) is 9.36 Å². The number of carbonyl (C=O) groups is 1. The molecule has 106 valence electrons. The van der Waals surface area contributed by atoms with Gasteiger partial charge in [-0.05, 0) is 12.5 Å². The van der Waals surface area contributed by atoms with E-state index >= 15 is 0 Å². The second kappa shape index (κ2) is 7.40. The topological polar surface area (TPSA) is 84.9 Å². The summed E-state index contributed by atoms with van der Waals surface area (Å²) in [5.41, 5.74) is 0.851. The molecule has 0 saturated carbocycles. The Kier molecular flexibility index (Phi) is 6.18. The number of hydrogen-bond donors (Lipinski definition) is 2. The smallest absolute Gasteiger partial charge is 0.320 e. The summed E-state index contributed by atoms with van der Waals surface area (Å²) in [5, 5.41) is 11.3. The highest BCUT2D eigenvalue weighted by Gasteiger charge is 2.28. The maximum absolute atomic E-state index is 12.4. The van der Waals surface area contributed by atoms with Crippen molar-refractivity contribution in [2.24, 2.45) is 0 Å². The zero-order valence-corrected chi connectivity index (χ0v) is 11.8. The van der Waals surface area contributed by atoms with Gasteiger partial charge in [0.2, 0.25) is 0 Å². The summed E-state index contributed by atoms with van der Waals surface area (Å²) in [4.78, 5) is 10.8. The number of hydrogen-bond acceptors (Lipinski definition) is 4. The Labute approximate surface area is 112 Å². The third-order valence-corrected chi connectivity index (χ3v) is 4.27. The van der Waals surface area contributed by atoms with Crippen LogP contribution in [0.15, 0.2) is 30.3 Å². The summed E-state index contributed by atoms with van der Waals surface area (Å²) in [6, 6.07) is 8.23. The van der Waals surface area contributed by atoms with E-state index in [1.165, 1.54) is 14.0 Å². The molecule has 1 aromatic rings. The molecule has 0 aliphatic carbocycles. The van der Waals surface area contributed by atoms with Gasteiger partial charge >= 0.3 is 5.97 Å². The summed E-state index contributed by atoms with van der Waals surface area (Å²) in [6.45, 7) is 1.53. The highest BCUT2D eigenvalue weighted by molar-refractivity contribution is 7.56. The zero-order chi connectivity index (χ0) is 14.3. The summed E-state index contributed by atoms with van der Waals surface area (Å²) in [7, 11) is -1.97. The van der Waals surface area contributed by atoms with Crippen molar-refractivity contribution in [2.75, 3.05) is 13.5 Å². The van der Waals surface area contributed by atoms with Crippen LogP contribution >= 0.6 is 7.52 Å². The average Bonchev–Trinajstić information content (AvgIpc) is 2.38. The van der Waals surface area contributed by atoms with Crippen LogP contribution < -0.4 is 5.09 Å². The Bertz CT molecular complexity index is 451. The predicted molar refractivity (Wildman–Crippen MR) is 70.9 cm³/mol. The van der Waals surface area contributed by atoms with E-state index in [4.69, 9.17) is 14.4 Å². The summed E-state index contributed by atoms with van der Waals surface area (Å²) in [6.07, 6.45) is -0.183. The molecule has 2 N–H and O–H groups in total. The molecule has 0 aromatic heterocycles. The van der Waals surface area contributed by atoms with Crippen LogP contribution in [0.25, 0.3) is 0 Å². The molecule has 2 atom stereocenters. The van der Waals surface area contributed by atoms with E-state index in [2.05, 4.69) is 5.09 Å². The van der Waals surface area contributed by atoms with Crippen LogP contribution in [-0.2, 0) is 25.2 Å². The molecule has 19 heavy (non-hydrogen) atoms. The molecule has 0 bridgehead atoms. The Balaban J connectivity index is 2.66. The molecule has 7 heteroatoms. The fourth-order valence-electron chi connectivity index (χ4n) is 1.39. The average molecular weight is 287 g/mol. The number of carboxylic acid groups (broad SMARTS) is 1. The van der Waals surface area contributed by atoms with Crippen LogP contribution in [0.1, 0.15) is 12.5 Å². The standard InChI is InChI=1S/C12H18NO5P/c1-10(12(14)15)13-19(16,9-17-2)18-8-11-6-4-3-5-7-11/h3-7,10H,8-9H2,1-2H3,(H,13,16)(H,14,15)/t10-,19?/m0/s1. The molecule has 0 spiro atoms. The molecule has 0 saturated heterocycles. The van der Waals surface area contributed by atoms with Crippen molar-refractivity contribution in [1.29, 1.82) is 0 Å². The van der Waals surface area contributed by atoms with Gasteiger partial charge in [0, 0.05) is 7.11 Å². The van der Waals surface area contributed by atoms with Crippen molar-refractivity contribution in [3.8, 4) is 0 Å². The lowest BCUT2D eigenvalue weighted by Crippen LogP contribution is -2.33. The zero-order valence-electron chi connectivity index (χ0n) is 10.9. The molecule has 0 aliphatic rings. The van der Waals surface area contributed by atoms with Gasteiger partial charge in [0.1, 0.15) is 12.4 Å². The first-order chi connectivity index (χ1) is 8.97. The normalized spacial score (nSPS) is 15.7. The predicted octanol–water partition coefficient (Wildman–Crippen LogP) is 2.06. The first-order valence-electron chi connectivity index (χ1n) is 5.74. The van der Waals surface area contributed by atoms with E-state index in [-0.39, 0.29) is 13.0 Å². The molecule has 0 heterocycles. The van der Waals surface area contributed by atoms with Gasteiger partial charge < -0.3 is 14.4 Å². The number of rotatable bonds is 8. The van der Waals surface area contributed by atoms with Crippen LogP contribution in [0.4, 0.5) is 0 Å². The van der Waals surface area contributed by atoms with Crippen molar-refractivity contribution in [3.05, 3.63) is 35.9 Å². The number of benzene rings is 1. The first kappa shape index (κ1) is 15.9. The SMILES string of the molecule is COCP(=O)(N[C@@H](C)C(=O)O)OCc1ccccc1. The highest BCUT2D eigenvalue weighted by atomic mass is 31.2. The maximum atomic E-state index is 12.4. The van der Waals surface area contributed by atoms with Crippen LogP contribution in [0, 0.1) is 0 Å². The Morgan fingerprint density at radius 1 is 1.42 bits per heavy atom. The van der Waals surface area contributed by atoms with E-state index in [0.717, 1.165) is 5.56 Å². The maximum Gasteiger partial charge on any atom is 0.320 e. The third kappa shape index (κ3) is 5.53. The Morgan fingerprint density at radius 2 is 2.05 bits per heavy atom. The minimum atomic E-state index is -3.35. The van der Waals surface area contributed by atoms with Crippen molar-refractivity contribution in [2.45, 2.75) is 19.6 Å². The molecular weight excluding hydrogens is 269 g/mol. The molecule has 0 fully saturated rings. The van der Waals surface area contributed by atoms with E-state index in [0.29, 0.717) is 0 Å². The molecule has 0 radical (unpaired) electrons. The lowest BCUT2D eigenvalue weighted by Gasteiger charge is -2.21. The minimum Gasteiger partial charge on any atom is -0.480 e. The van der Waals surface area contributed by atoms with Gasteiger partial charge in [0.05, 0.1) is 6.61 Å². The summed E-state index contributed by atoms with van der Waals surface area (Å²) >= 11 is 0. The van der Waals surface area contributed by atoms with Gasteiger partial charge in [0.15, 0.2) is 0 Å². The third-order valence-electron chi connectivity index (χ3n) is 2.34. The molecular formula is C12H18NO5P. The van der Waals surface area contributed by atoms with Gasteiger partial charge in [-0.3, -0.25) is 9.36 Å².